The molecule has 0 aromatic carbocycles. The highest BCUT2D eigenvalue weighted by Gasteiger charge is 2.23. The lowest BCUT2D eigenvalue weighted by Gasteiger charge is -2.11. The Morgan fingerprint density at radius 1 is 1.48 bits per heavy atom. The number of carbonyl (C=O) groups excluding carboxylic acids is 1. The van der Waals surface area contributed by atoms with Gasteiger partial charge in [-0.05, 0) is 41.4 Å². The van der Waals surface area contributed by atoms with E-state index in [4.69, 9.17) is 10.5 Å². The molecule has 0 saturated heterocycles. The molecule has 0 radical (unpaired) electrons. The van der Waals surface area contributed by atoms with Gasteiger partial charge >= 0.3 is 5.97 Å². The number of aromatic nitrogens is 3. The third kappa shape index (κ3) is 2.92. The Labute approximate surface area is 131 Å². The first-order chi connectivity index (χ1) is 9.99. The summed E-state index contributed by atoms with van der Waals surface area (Å²) < 4.78 is 7.57. The van der Waals surface area contributed by atoms with Crippen LogP contribution in [0.1, 0.15) is 35.7 Å². The van der Waals surface area contributed by atoms with E-state index < -0.39 is 5.97 Å². The van der Waals surface area contributed by atoms with Crippen LogP contribution in [0.15, 0.2) is 16.7 Å². The number of hydrogen-bond acceptors (Lipinski definition) is 5. The van der Waals surface area contributed by atoms with Crippen molar-refractivity contribution in [1.82, 2.24) is 14.5 Å². The Bertz CT molecular complexity index is 682. The smallest absolute Gasteiger partial charge is 0.360 e. The summed E-state index contributed by atoms with van der Waals surface area (Å²) >= 11 is 3.38. The van der Waals surface area contributed by atoms with E-state index in [0.29, 0.717) is 18.1 Å². The lowest BCUT2D eigenvalue weighted by Crippen LogP contribution is -2.11. The standard InChI is InChI=1S/C14H17BrN4O2/c1-4-10-18-11(14(20)21-5-2)12(16)19(10)13-8(3)6-9(15)7-17-13/h6-7H,4-5,16H2,1-3H3. The molecular weight excluding hydrogens is 336 g/mol. The van der Waals surface area contributed by atoms with E-state index in [2.05, 4.69) is 25.9 Å². The van der Waals surface area contributed by atoms with Gasteiger partial charge in [-0.3, -0.25) is 4.57 Å². The van der Waals surface area contributed by atoms with Crippen LogP contribution in [0.4, 0.5) is 5.82 Å². The number of halogens is 1. The van der Waals surface area contributed by atoms with Gasteiger partial charge < -0.3 is 10.5 Å². The van der Waals surface area contributed by atoms with Crippen molar-refractivity contribution in [2.24, 2.45) is 0 Å². The Morgan fingerprint density at radius 2 is 2.19 bits per heavy atom. The van der Waals surface area contributed by atoms with Crippen LogP contribution in [-0.2, 0) is 11.2 Å². The molecule has 2 aromatic heterocycles. The average molecular weight is 353 g/mol. The van der Waals surface area contributed by atoms with E-state index in [0.717, 1.165) is 10.0 Å². The highest BCUT2D eigenvalue weighted by Crippen LogP contribution is 2.24. The fourth-order valence-corrected chi connectivity index (χ4v) is 2.52. The largest absolute Gasteiger partial charge is 0.461 e. The molecule has 0 aliphatic rings. The number of esters is 1. The molecule has 0 aliphatic heterocycles. The molecule has 6 nitrogen and oxygen atoms in total. The van der Waals surface area contributed by atoms with Crippen LogP contribution in [0.25, 0.3) is 5.82 Å². The zero-order chi connectivity index (χ0) is 15.6. The quantitative estimate of drug-likeness (QED) is 0.855. The summed E-state index contributed by atoms with van der Waals surface area (Å²) in [4.78, 5) is 20.6. The van der Waals surface area contributed by atoms with Gasteiger partial charge in [0.25, 0.3) is 0 Å². The third-order valence-electron chi connectivity index (χ3n) is 3.00. The zero-order valence-electron chi connectivity index (χ0n) is 12.2. The molecule has 2 N–H and O–H groups in total. The van der Waals surface area contributed by atoms with Crippen molar-refractivity contribution in [3.8, 4) is 5.82 Å². The monoisotopic (exact) mass is 352 g/mol. The van der Waals surface area contributed by atoms with Crippen molar-refractivity contribution >= 4 is 27.7 Å². The van der Waals surface area contributed by atoms with Crippen LogP contribution in [0.3, 0.4) is 0 Å². The molecule has 112 valence electrons. The first-order valence-corrected chi connectivity index (χ1v) is 7.45. The van der Waals surface area contributed by atoms with Crippen molar-refractivity contribution in [2.45, 2.75) is 27.2 Å². The highest BCUT2D eigenvalue weighted by atomic mass is 79.9. The number of carbonyl (C=O) groups is 1. The fraction of sp³-hybridized carbons (Fsp3) is 0.357. The van der Waals surface area contributed by atoms with Crippen LogP contribution < -0.4 is 5.73 Å². The van der Waals surface area contributed by atoms with Gasteiger partial charge in [-0.25, -0.2) is 14.8 Å². The normalized spacial score (nSPS) is 10.7. The van der Waals surface area contributed by atoms with Crippen molar-refractivity contribution in [2.75, 3.05) is 12.3 Å². The summed E-state index contributed by atoms with van der Waals surface area (Å²) in [6.45, 7) is 5.89. The Hall–Kier alpha value is -1.89. The van der Waals surface area contributed by atoms with Gasteiger partial charge in [-0.2, -0.15) is 0 Å². The van der Waals surface area contributed by atoms with Crippen LogP contribution >= 0.6 is 15.9 Å². The van der Waals surface area contributed by atoms with Gasteiger partial charge in [0, 0.05) is 17.1 Å². The number of ether oxygens (including phenoxy) is 1. The van der Waals surface area contributed by atoms with Crippen LogP contribution in [-0.4, -0.2) is 27.1 Å². The van der Waals surface area contributed by atoms with E-state index in [9.17, 15) is 4.79 Å². The first-order valence-electron chi connectivity index (χ1n) is 6.66. The molecule has 2 heterocycles. The van der Waals surface area contributed by atoms with Gasteiger partial charge in [0.1, 0.15) is 17.5 Å². The van der Waals surface area contributed by atoms with Crippen LogP contribution in [0.5, 0.6) is 0 Å². The van der Waals surface area contributed by atoms with Crippen molar-refractivity contribution in [1.29, 1.82) is 0 Å². The van der Waals surface area contributed by atoms with E-state index >= 15 is 0 Å². The lowest BCUT2D eigenvalue weighted by molar-refractivity contribution is 0.0521. The summed E-state index contributed by atoms with van der Waals surface area (Å²) in [5.74, 6) is 1.07. The van der Waals surface area contributed by atoms with E-state index in [1.165, 1.54) is 0 Å². The number of nitrogens with zero attached hydrogens (tertiary/aromatic N) is 3. The van der Waals surface area contributed by atoms with E-state index in [1.54, 1.807) is 17.7 Å². The molecule has 0 aliphatic carbocycles. The SMILES string of the molecule is CCOC(=O)c1nc(CC)n(-c2ncc(Br)cc2C)c1N. The molecule has 2 aromatic rings. The predicted octanol–water partition coefficient (Wildman–Crippen LogP) is 2.66. The van der Waals surface area contributed by atoms with Gasteiger partial charge in [0.2, 0.25) is 0 Å². The molecule has 0 atom stereocenters. The average Bonchev–Trinajstić information content (AvgIpc) is 2.76. The number of nitrogen functional groups attached to an aromatic ring is 1. The maximum atomic E-state index is 11.9. The molecule has 7 heteroatoms. The summed E-state index contributed by atoms with van der Waals surface area (Å²) in [7, 11) is 0. The summed E-state index contributed by atoms with van der Waals surface area (Å²) in [5, 5.41) is 0. The van der Waals surface area contributed by atoms with Crippen molar-refractivity contribution < 1.29 is 9.53 Å². The second kappa shape index (κ2) is 6.26. The number of hydrogen-bond donors (Lipinski definition) is 1. The highest BCUT2D eigenvalue weighted by molar-refractivity contribution is 9.10. The lowest BCUT2D eigenvalue weighted by atomic mass is 10.3. The van der Waals surface area contributed by atoms with Crippen LogP contribution in [0, 0.1) is 6.92 Å². The molecule has 0 spiro atoms. The van der Waals surface area contributed by atoms with Gasteiger partial charge in [0.15, 0.2) is 5.69 Å². The number of aryl methyl sites for hydroxylation is 2. The minimum atomic E-state index is -0.516. The van der Waals surface area contributed by atoms with E-state index in [-0.39, 0.29) is 18.1 Å². The molecule has 21 heavy (non-hydrogen) atoms. The summed E-state index contributed by atoms with van der Waals surface area (Å²) in [6, 6.07) is 1.94. The molecule has 0 bridgehead atoms. The minimum absolute atomic E-state index is 0.137. The Kier molecular flexibility index (Phi) is 4.62. The third-order valence-corrected chi connectivity index (χ3v) is 3.43. The Balaban J connectivity index is 2.60. The summed E-state index contributed by atoms with van der Waals surface area (Å²) in [6.07, 6.45) is 2.31. The van der Waals surface area contributed by atoms with Crippen molar-refractivity contribution in [3.05, 3.63) is 33.8 Å². The minimum Gasteiger partial charge on any atom is -0.461 e. The second-order valence-corrected chi connectivity index (χ2v) is 5.38. The molecule has 2 rings (SSSR count). The molecular formula is C14H17BrN4O2. The second-order valence-electron chi connectivity index (χ2n) is 4.47. The van der Waals surface area contributed by atoms with Crippen LogP contribution in [0.2, 0.25) is 0 Å². The number of nitrogens with two attached hydrogens (primary N) is 1. The number of pyridine rings is 1. The molecule has 0 fully saturated rings. The summed E-state index contributed by atoms with van der Waals surface area (Å²) in [5.41, 5.74) is 7.16. The number of anilines is 1. The Morgan fingerprint density at radius 3 is 2.76 bits per heavy atom. The van der Waals surface area contributed by atoms with Gasteiger partial charge in [-0.1, -0.05) is 6.92 Å². The first kappa shape index (κ1) is 15.5. The zero-order valence-corrected chi connectivity index (χ0v) is 13.8. The number of imidazole rings is 1. The molecule has 0 amide bonds. The fourth-order valence-electron chi connectivity index (χ4n) is 2.07. The van der Waals surface area contributed by atoms with Gasteiger partial charge in [-0.15, -0.1) is 0 Å². The van der Waals surface area contributed by atoms with Gasteiger partial charge in [0.05, 0.1) is 6.61 Å². The maximum Gasteiger partial charge on any atom is 0.360 e. The maximum absolute atomic E-state index is 11.9. The van der Waals surface area contributed by atoms with E-state index in [1.807, 2.05) is 19.9 Å². The topological polar surface area (TPSA) is 83.0 Å². The number of rotatable bonds is 4. The molecule has 0 unspecified atom stereocenters. The predicted molar refractivity (Wildman–Crippen MR) is 83.5 cm³/mol. The molecule has 0 saturated carbocycles. The van der Waals surface area contributed by atoms with Crippen molar-refractivity contribution in [3.63, 3.8) is 0 Å².